The monoisotopic (exact) mass is 158 g/mol. The number of halogens is 1. The van der Waals surface area contributed by atoms with Gasteiger partial charge in [-0.25, -0.2) is 4.39 Å². The number of hydrogen-bond acceptors (Lipinski definition) is 0. The second kappa shape index (κ2) is 3.55. The smallest absolute Gasteiger partial charge is 0.103 e. The molecule has 0 radical (unpaired) electrons. The van der Waals surface area contributed by atoms with Gasteiger partial charge in [0, 0.05) is 0 Å². The summed E-state index contributed by atoms with van der Waals surface area (Å²) >= 11 is 0. The number of alkyl halides is 1. The molecule has 0 bridgehead atoms. The SMILES string of the molecule is CC1CCC(F)C(C)CC1C. The van der Waals surface area contributed by atoms with Crippen LogP contribution >= 0.6 is 0 Å². The van der Waals surface area contributed by atoms with Gasteiger partial charge in [-0.05, 0) is 37.0 Å². The molecule has 1 heteroatoms. The highest BCUT2D eigenvalue weighted by Crippen LogP contribution is 2.32. The Hall–Kier alpha value is -0.0700. The van der Waals surface area contributed by atoms with Gasteiger partial charge in [0.05, 0.1) is 0 Å². The highest BCUT2D eigenvalue weighted by Gasteiger charge is 2.26. The normalized spacial score (nSPS) is 46.9. The average Bonchev–Trinajstić information content (AvgIpc) is 2.05. The Morgan fingerprint density at radius 1 is 0.909 bits per heavy atom. The van der Waals surface area contributed by atoms with Crippen LogP contribution in [0.2, 0.25) is 0 Å². The fourth-order valence-corrected chi connectivity index (χ4v) is 1.96. The van der Waals surface area contributed by atoms with E-state index in [-0.39, 0.29) is 5.92 Å². The van der Waals surface area contributed by atoms with Crippen LogP contribution in [0.15, 0.2) is 0 Å². The maximum Gasteiger partial charge on any atom is 0.103 e. The highest BCUT2D eigenvalue weighted by atomic mass is 19.1. The molecule has 4 unspecified atom stereocenters. The Bertz CT molecular complexity index is 108. The van der Waals surface area contributed by atoms with E-state index in [1.165, 1.54) is 0 Å². The zero-order chi connectivity index (χ0) is 8.43. The molecule has 1 saturated carbocycles. The molecule has 0 aromatic heterocycles. The van der Waals surface area contributed by atoms with E-state index in [9.17, 15) is 4.39 Å². The molecule has 66 valence electrons. The lowest BCUT2D eigenvalue weighted by Crippen LogP contribution is -2.12. The van der Waals surface area contributed by atoms with E-state index in [4.69, 9.17) is 0 Å². The topological polar surface area (TPSA) is 0 Å². The fourth-order valence-electron chi connectivity index (χ4n) is 1.96. The predicted molar refractivity (Wildman–Crippen MR) is 46.2 cm³/mol. The number of rotatable bonds is 0. The molecule has 0 amide bonds. The fraction of sp³-hybridized carbons (Fsp3) is 1.00. The van der Waals surface area contributed by atoms with Crippen LogP contribution < -0.4 is 0 Å². The van der Waals surface area contributed by atoms with Crippen LogP contribution in [0, 0.1) is 17.8 Å². The van der Waals surface area contributed by atoms with E-state index in [2.05, 4.69) is 13.8 Å². The summed E-state index contributed by atoms with van der Waals surface area (Å²) in [7, 11) is 0. The van der Waals surface area contributed by atoms with Gasteiger partial charge in [-0.1, -0.05) is 20.8 Å². The van der Waals surface area contributed by atoms with Gasteiger partial charge in [-0.15, -0.1) is 0 Å². The van der Waals surface area contributed by atoms with Crippen molar-refractivity contribution >= 4 is 0 Å². The van der Waals surface area contributed by atoms with E-state index in [0.717, 1.165) is 25.2 Å². The molecular weight excluding hydrogens is 139 g/mol. The standard InChI is InChI=1S/C10H19F/c1-7-4-5-10(11)9(3)6-8(7)2/h7-10H,4-6H2,1-3H3. The van der Waals surface area contributed by atoms with Gasteiger partial charge in [0.2, 0.25) is 0 Å². The van der Waals surface area contributed by atoms with Crippen LogP contribution in [-0.4, -0.2) is 6.17 Å². The van der Waals surface area contributed by atoms with Crippen molar-refractivity contribution in [3.8, 4) is 0 Å². The zero-order valence-corrected chi connectivity index (χ0v) is 7.81. The molecule has 1 rings (SSSR count). The summed E-state index contributed by atoms with van der Waals surface area (Å²) < 4.78 is 13.2. The van der Waals surface area contributed by atoms with Crippen molar-refractivity contribution in [1.82, 2.24) is 0 Å². The van der Waals surface area contributed by atoms with Crippen molar-refractivity contribution in [1.29, 1.82) is 0 Å². The predicted octanol–water partition coefficient (Wildman–Crippen LogP) is 3.42. The molecular formula is C10H19F. The van der Waals surface area contributed by atoms with Crippen molar-refractivity contribution in [2.45, 2.75) is 46.2 Å². The molecule has 1 aliphatic rings. The Morgan fingerprint density at radius 2 is 1.55 bits per heavy atom. The average molecular weight is 158 g/mol. The Labute approximate surface area is 69.2 Å². The van der Waals surface area contributed by atoms with E-state index in [0.29, 0.717) is 5.92 Å². The van der Waals surface area contributed by atoms with Gasteiger partial charge in [-0.2, -0.15) is 0 Å². The van der Waals surface area contributed by atoms with Crippen molar-refractivity contribution in [3.05, 3.63) is 0 Å². The molecule has 0 aliphatic heterocycles. The molecule has 0 aromatic rings. The summed E-state index contributed by atoms with van der Waals surface area (Å²) in [5.74, 6) is 1.72. The van der Waals surface area contributed by atoms with Gasteiger partial charge >= 0.3 is 0 Å². The lowest BCUT2D eigenvalue weighted by molar-refractivity contribution is 0.221. The molecule has 0 spiro atoms. The minimum Gasteiger partial charge on any atom is -0.247 e. The van der Waals surface area contributed by atoms with E-state index in [1.807, 2.05) is 6.92 Å². The summed E-state index contributed by atoms with van der Waals surface area (Å²) in [6, 6.07) is 0. The van der Waals surface area contributed by atoms with E-state index < -0.39 is 6.17 Å². The minimum absolute atomic E-state index is 0.287. The van der Waals surface area contributed by atoms with Crippen LogP contribution in [0.4, 0.5) is 4.39 Å². The largest absolute Gasteiger partial charge is 0.247 e. The molecule has 0 aromatic carbocycles. The second-order valence-corrected chi connectivity index (χ2v) is 4.26. The first-order chi connectivity index (χ1) is 5.11. The van der Waals surface area contributed by atoms with Crippen LogP contribution in [-0.2, 0) is 0 Å². The summed E-state index contributed by atoms with van der Waals surface area (Å²) in [5, 5.41) is 0. The van der Waals surface area contributed by atoms with E-state index >= 15 is 0 Å². The molecule has 0 N–H and O–H groups in total. The first-order valence-electron chi connectivity index (χ1n) is 4.75. The third-order valence-corrected chi connectivity index (χ3v) is 3.23. The quantitative estimate of drug-likeness (QED) is 0.474. The third-order valence-electron chi connectivity index (χ3n) is 3.23. The summed E-state index contributed by atoms with van der Waals surface area (Å²) in [5.41, 5.74) is 0. The molecule has 11 heavy (non-hydrogen) atoms. The molecule has 1 aliphatic carbocycles. The molecule has 4 atom stereocenters. The second-order valence-electron chi connectivity index (χ2n) is 4.26. The molecule has 0 saturated heterocycles. The van der Waals surface area contributed by atoms with Crippen LogP contribution in [0.5, 0.6) is 0 Å². The third kappa shape index (κ3) is 2.18. The highest BCUT2D eigenvalue weighted by molar-refractivity contribution is 4.76. The van der Waals surface area contributed by atoms with Gasteiger partial charge in [0.15, 0.2) is 0 Å². The number of hydrogen-bond donors (Lipinski definition) is 0. The summed E-state index contributed by atoms with van der Waals surface area (Å²) in [6.45, 7) is 6.54. The van der Waals surface area contributed by atoms with Gasteiger partial charge in [0.1, 0.15) is 6.17 Å². The van der Waals surface area contributed by atoms with Gasteiger partial charge < -0.3 is 0 Å². The molecule has 1 fully saturated rings. The van der Waals surface area contributed by atoms with Gasteiger partial charge in [0.25, 0.3) is 0 Å². The van der Waals surface area contributed by atoms with Crippen molar-refractivity contribution < 1.29 is 4.39 Å². The lowest BCUT2D eigenvalue weighted by atomic mass is 9.89. The maximum atomic E-state index is 13.2. The van der Waals surface area contributed by atoms with Crippen LogP contribution in [0.1, 0.15) is 40.0 Å². The Morgan fingerprint density at radius 3 is 2.18 bits per heavy atom. The zero-order valence-electron chi connectivity index (χ0n) is 7.81. The van der Waals surface area contributed by atoms with E-state index in [1.54, 1.807) is 0 Å². The van der Waals surface area contributed by atoms with Crippen molar-refractivity contribution in [2.75, 3.05) is 0 Å². The van der Waals surface area contributed by atoms with Crippen molar-refractivity contribution in [2.24, 2.45) is 17.8 Å². The van der Waals surface area contributed by atoms with Gasteiger partial charge in [-0.3, -0.25) is 0 Å². The van der Waals surface area contributed by atoms with Crippen molar-refractivity contribution in [3.63, 3.8) is 0 Å². The summed E-state index contributed by atoms with van der Waals surface area (Å²) in [4.78, 5) is 0. The minimum atomic E-state index is -0.539. The summed E-state index contributed by atoms with van der Waals surface area (Å²) in [6.07, 6.45) is 2.39. The Balaban J connectivity index is 2.51. The van der Waals surface area contributed by atoms with Crippen LogP contribution in [0.3, 0.4) is 0 Å². The first kappa shape index (κ1) is 9.02. The molecule has 0 heterocycles. The maximum absolute atomic E-state index is 13.2. The lowest BCUT2D eigenvalue weighted by Gasteiger charge is -2.17. The van der Waals surface area contributed by atoms with Crippen LogP contribution in [0.25, 0.3) is 0 Å². The molecule has 0 nitrogen and oxygen atoms in total. The Kier molecular flexibility index (Phi) is 2.91. The first-order valence-corrected chi connectivity index (χ1v) is 4.75.